The second-order valence-electron chi connectivity index (χ2n) is 11.1. The molecule has 2 aliphatic rings. The van der Waals surface area contributed by atoms with Crippen LogP contribution in [0.15, 0.2) is 66.0 Å². The number of carbonyl (C=O) groups is 2. The largest absolute Gasteiger partial charge is 0.368 e. The summed E-state index contributed by atoms with van der Waals surface area (Å²) in [5.74, 6) is 0.880. The van der Waals surface area contributed by atoms with E-state index in [4.69, 9.17) is 4.98 Å². The number of rotatable bonds is 9. The number of nitrogens with one attached hydrogen (secondary N) is 1. The molecular weight excluding hydrogens is 530 g/mol. The van der Waals surface area contributed by atoms with Gasteiger partial charge in [-0.3, -0.25) is 23.9 Å². The van der Waals surface area contributed by atoms with Gasteiger partial charge in [-0.2, -0.15) is 0 Å². The predicted octanol–water partition coefficient (Wildman–Crippen LogP) is 3.31. The summed E-state index contributed by atoms with van der Waals surface area (Å²) in [6.07, 6.45) is 2.87. The minimum atomic E-state index is -0.0823. The van der Waals surface area contributed by atoms with Gasteiger partial charge in [0, 0.05) is 94.2 Å². The highest BCUT2D eigenvalue weighted by Gasteiger charge is 2.25. The topological polar surface area (TPSA) is 94.0 Å². The van der Waals surface area contributed by atoms with Gasteiger partial charge in [-0.25, -0.2) is 4.98 Å². The van der Waals surface area contributed by atoms with Crippen molar-refractivity contribution in [2.45, 2.75) is 39.3 Å². The second-order valence-corrected chi connectivity index (χ2v) is 11.1. The summed E-state index contributed by atoms with van der Waals surface area (Å²) in [6, 6.07) is 15.8. The molecule has 3 aromatic rings. The van der Waals surface area contributed by atoms with Crippen LogP contribution in [0.1, 0.15) is 26.7 Å². The van der Waals surface area contributed by atoms with Crippen molar-refractivity contribution in [1.82, 2.24) is 24.3 Å². The zero-order valence-corrected chi connectivity index (χ0v) is 24.7. The Morgan fingerprint density at radius 3 is 2.36 bits per heavy atom. The van der Waals surface area contributed by atoms with Crippen molar-refractivity contribution in [3.8, 4) is 0 Å². The van der Waals surface area contributed by atoms with E-state index in [-0.39, 0.29) is 23.4 Å². The van der Waals surface area contributed by atoms with Crippen molar-refractivity contribution in [2.75, 3.05) is 62.6 Å². The van der Waals surface area contributed by atoms with Gasteiger partial charge in [0.25, 0.3) is 5.56 Å². The monoisotopic (exact) mass is 571 g/mol. The van der Waals surface area contributed by atoms with Crippen molar-refractivity contribution in [3.63, 3.8) is 0 Å². The van der Waals surface area contributed by atoms with Crippen molar-refractivity contribution < 1.29 is 9.59 Å². The van der Waals surface area contributed by atoms with Crippen molar-refractivity contribution in [1.29, 1.82) is 0 Å². The van der Waals surface area contributed by atoms with Crippen LogP contribution in [0.4, 0.5) is 17.2 Å². The zero-order chi connectivity index (χ0) is 29.6. The number of piperazine rings is 2. The lowest BCUT2D eigenvalue weighted by atomic mass is 10.2. The third-order valence-corrected chi connectivity index (χ3v) is 8.30. The molecule has 2 saturated heterocycles. The van der Waals surface area contributed by atoms with Gasteiger partial charge < -0.3 is 20.0 Å². The quantitative estimate of drug-likeness (QED) is 0.394. The number of nitrogens with zero attached hydrogens (tertiary/aromatic N) is 6. The number of aromatic nitrogens is 2. The molecule has 4 heterocycles. The SMILES string of the molecule is C=CC(=O)N1CCN(CCn2c(=O)ccc3ccc(Nc4ccc(N5CCN(C(=O)CCC)CC5)cc4)nc32)C(C)C1. The Bertz CT molecular complexity index is 1480. The van der Waals surface area contributed by atoms with E-state index in [0.717, 1.165) is 55.9 Å². The van der Waals surface area contributed by atoms with Crippen LogP contribution in [0.3, 0.4) is 0 Å². The number of fused-ring (bicyclic) bond motifs is 1. The molecule has 1 aromatic carbocycles. The molecule has 5 rings (SSSR count). The van der Waals surface area contributed by atoms with E-state index >= 15 is 0 Å². The summed E-state index contributed by atoms with van der Waals surface area (Å²) in [5, 5.41) is 4.29. The minimum absolute atomic E-state index is 0.0380. The highest BCUT2D eigenvalue weighted by Crippen LogP contribution is 2.23. The van der Waals surface area contributed by atoms with E-state index in [9.17, 15) is 14.4 Å². The Morgan fingerprint density at radius 1 is 0.952 bits per heavy atom. The number of hydrogen-bond donors (Lipinski definition) is 1. The maximum atomic E-state index is 12.9. The van der Waals surface area contributed by atoms with Crippen LogP contribution >= 0.6 is 0 Å². The van der Waals surface area contributed by atoms with Crippen molar-refractivity contribution in [2.24, 2.45) is 0 Å². The van der Waals surface area contributed by atoms with Crippen LogP contribution in [-0.4, -0.2) is 94.5 Å². The molecule has 2 amide bonds. The van der Waals surface area contributed by atoms with E-state index < -0.39 is 0 Å². The average molecular weight is 572 g/mol. The van der Waals surface area contributed by atoms with Crippen LogP contribution in [0.25, 0.3) is 11.0 Å². The Balaban J connectivity index is 1.23. The van der Waals surface area contributed by atoms with Crippen molar-refractivity contribution >= 4 is 40.0 Å². The molecule has 1 unspecified atom stereocenters. The second kappa shape index (κ2) is 13.2. The van der Waals surface area contributed by atoms with Gasteiger partial charge in [-0.05, 0) is 61.9 Å². The number of carbonyl (C=O) groups excluding carboxylic acids is 2. The van der Waals surface area contributed by atoms with Gasteiger partial charge >= 0.3 is 0 Å². The maximum absolute atomic E-state index is 12.9. The number of amides is 2. The predicted molar refractivity (Wildman–Crippen MR) is 167 cm³/mol. The van der Waals surface area contributed by atoms with Gasteiger partial charge in [0.1, 0.15) is 11.5 Å². The third-order valence-electron chi connectivity index (χ3n) is 8.30. The Hall–Kier alpha value is -4.18. The fourth-order valence-corrected chi connectivity index (χ4v) is 5.82. The summed E-state index contributed by atoms with van der Waals surface area (Å²) in [6.45, 7) is 14.2. The van der Waals surface area contributed by atoms with Gasteiger partial charge in [0.2, 0.25) is 11.8 Å². The molecule has 0 radical (unpaired) electrons. The molecule has 1 atom stereocenters. The molecule has 42 heavy (non-hydrogen) atoms. The summed E-state index contributed by atoms with van der Waals surface area (Å²) in [5.41, 5.74) is 2.61. The Labute approximate surface area is 247 Å². The summed E-state index contributed by atoms with van der Waals surface area (Å²) in [4.78, 5) is 50.4. The molecule has 0 saturated carbocycles. The Morgan fingerprint density at radius 2 is 1.67 bits per heavy atom. The zero-order valence-electron chi connectivity index (χ0n) is 24.7. The number of benzene rings is 1. The average Bonchev–Trinajstić information content (AvgIpc) is 3.01. The van der Waals surface area contributed by atoms with Crippen LogP contribution < -0.4 is 15.8 Å². The van der Waals surface area contributed by atoms with E-state index in [0.29, 0.717) is 44.1 Å². The van der Waals surface area contributed by atoms with Crippen LogP contribution in [0.5, 0.6) is 0 Å². The lowest BCUT2D eigenvalue weighted by Crippen LogP contribution is -2.54. The lowest BCUT2D eigenvalue weighted by Gasteiger charge is -2.39. The maximum Gasteiger partial charge on any atom is 0.252 e. The highest BCUT2D eigenvalue weighted by molar-refractivity contribution is 5.87. The van der Waals surface area contributed by atoms with E-state index in [1.54, 1.807) is 10.6 Å². The smallest absolute Gasteiger partial charge is 0.252 e. The molecule has 0 aliphatic carbocycles. The highest BCUT2D eigenvalue weighted by atomic mass is 16.2. The lowest BCUT2D eigenvalue weighted by molar-refractivity contribution is -0.131. The molecule has 0 bridgehead atoms. The molecule has 222 valence electrons. The fourth-order valence-electron chi connectivity index (χ4n) is 5.82. The van der Waals surface area contributed by atoms with E-state index in [1.165, 1.54) is 6.08 Å². The van der Waals surface area contributed by atoms with E-state index in [2.05, 4.69) is 40.8 Å². The number of pyridine rings is 2. The third kappa shape index (κ3) is 6.65. The molecule has 2 aliphatic heterocycles. The number of anilines is 3. The number of hydrogen-bond acceptors (Lipinski definition) is 7. The minimum Gasteiger partial charge on any atom is -0.368 e. The molecule has 10 heteroatoms. The van der Waals surface area contributed by atoms with Gasteiger partial charge in [-0.1, -0.05) is 13.5 Å². The van der Waals surface area contributed by atoms with E-state index in [1.807, 2.05) is 47.1 Å². The molecule has 10 nitrogen and oxygen atoms in total. The molecule has 1 N–H and O–H groups in total. The first kappa shape index (κ1) is 29.3. The summed E-state index contributed by atoms with van der Waals surface area (Å²) >= 11 is 0. The van der Waals surface area contributed by atoms with Gasteiger partial charge in [0.15, 0.2) is 0 Å². The standard InChI is InChI=1S/C32H41N7O3/c1-4-6-30(41)37-18-16-36(17-19-37)27-11-9-26(10-12-27)33-28-13-7-25-8-14-31(42)39(32(25)34-28)22-21-35-15-20-38(23-24(35)3)29(40)5-2/h5,7-14,24H,2,4,6,15-23H2,1,3H3,(H,33,34). The molecule has 0 spiro atoms. The van der Waals surface area contributed by atoms with Crippen molar-refractivity contribution in [3.05, 3.63) is 71.5 Å². The van der Waals surface area contributed by atoms with Crippen LogP contribution in [-0.2, 0) is 16.1 Å². The van der Waals surface area contributed by atoms with Gasteiger partial charge in [-0.15, -0.1) is 0 Å². The Kier molecular flexibility index (Phi) is 9.22. The first-order valence-electron chi connectivity index (χ1n) is 14.9. The first-order valence-corrected chi connectivity index (χ1v) is 14.9. The summed E-state index contributed by atoms with van der Waals surface area (Å²) < 4.78 is 1.74. The molecular formula is C32H41N7O3. The van der Waals surface area contributed by atoms with Gasteiger partial charge in [0.05, 0.1) is 0 Å². The molecule has 2 aromatic heterocycles. The van der Waals surface area contributed by atoms with Crippen LogP contribution in [0.2, 0.25) is 0 Å². The van der Waals surface area contributed by atoms with Crippen LogP contribution in [0, 0.1) is 0 Å². The normalized spacial score (nSPS) is 17.9. The molecule has 2 fully saturated rings. The first-order chi connectivity index (χ1) is 20.4. The fraction of sp³-hybridized carbons (Fsp3) is 0.438. The summed E-state index contributed by atoms with van der Waals surface area (Å²) in [7, 11) is 0.